The summed E-state index contributed by atoms with van der Waals surface area (Å²) in [5.74, 6) is -0.328. The highest BCUT2D eigenvalue weighted by atomic mass is 19.1. The quantitative estimate of drug-likeness (QED) is 0.772. The molecule has 0 amide bonds. The number of nitrogen functional groups attached to an aromatic ring is 1. The Bertz CT molecular complexity index is 379. The van der Waals surface area contributed by atoms with Gasteiger partial charge in [-0.15, -0.1) is 0 Å². The van der Waals surface area contributed by atoms with Gasteiger partial charge in [-0.2, -0.15) is 0 Å². The molecule has 1 atom stereocenters. The first-order valence-electron chi connectivity index (χ1n) is 5.54. The molecular formula is C12H18FN3. The number of hydrogen-bond donors (Lipinski definition) is 1. The molecule has 0 bridgehead atoms. The number of likely N-dealkylation sites (N-methyl/N-ethyl adjacent to an activating group) is 1. The number of anilines is 2. The monoisotopic (exact) mass is 223 g/mol. The van der Waals surface area contributed by atoms with Gasteiger partial charge in [0, 0.05) is 24.8 Å². The molecule has 0 spiro atoms. The van der Waals surface area contributed by atoms with E-state index in [4.69, 9.17) is 5.73 Å². The lowest BCUT2D eigenvalue weighted by Crippen LogP contribution is -2.31. The van der Waals surface area contributed by atoms with Gasteiger partial charge in [0.15, 0.2) is 0 Å². The molecule has 2 rings (SSSR count). The highest BCUT2D eigenvalue weighted by molar-refractivity contribution is 5.54. The molecule has 0 aromatic heterocycles. The first kappa shape index (κ1) is 11.2. The van der Waals surface area contributed by atoms with Crippen molar-refractivity contribution >= 4 is 11.4 Å². The molecule has 0 unspecified atom stereocenters. The zero-order valence-corrected chi connectivity index (χ0v) is 9.78. The third-order valence-corrected chi connectivity index (χ3v) is 3.24. The zero-order valence-electron chi connectivity index (χ0n) is 9.78. The maximum Gasteiger partial charge on any atom is 0.148 e. The fraction of sp³-hybridized carbons (Fsp3) is 0.500. The Morgan fingerprint density at radius 1 is 1.44 bits per heavy atom. The fourth-order valence-corrected chi connectivity index (χ4v) is 2.11. The second-order valence-electron chi connectivity index (χ2n) is 4.56. The highest BCUT2D eigenvalue weighted by Crippen LogP contribution is 2.24. The van der Waals surface area contributed by atoms with E-state index in [0.29, 0.717) is 6.04 Å². The molecule has 0 saturated carbocycles. The van der Waals surface area contributed by atoms with Gasteiger partial charge >= 0.3 is 0 Å². The van der Waals surface area contributed by atoms with Gasteiger partial charge in [0.25, 0.3) is 0 Å². The van der Waals surface area contributed by atoms with E-state index in [-0.39, 0.29) is 11.5 Å². The van der Waals surface area contributed by atoms with Gasteiger partial charge in [0.05, 0.1) is 5.69 Å². The zero-order chi connectivity index (χ0) is 11.7. The van der Waals surface area contributed by atoms with Crippen molar-refractivity contribution in [3.63, 3.8) is 0 Å². The van der Waals surface area contributed by atoms with Gasteiger partial charge in [-0.05, 0) is 38.7 Å². The number of benzene rings is 1. The maximum atomic E-state index is 13.3. The summed E-state index contributed by atoms with van der Waals surface area (Å²) in [6, 6.07) is 5.60. The standard InChI is InChI=1S/C12H18FN3/c1-15(2)10-5-6-16(8-10)9-3-4-12(14)11(13)7-9/h3-4,7,10H,5-6,8,14H2,1-2H3/t10-/m1/s1. The molecule has 1 saturated heterocycles. The lowest BCUT2D eigenvalue weighted by Gasteiger charge is -2.22. The molecular weight excluding hydrogens is 205 g/mol. The number of halogens is 1. The van der Waals surface area contributed by atoms with Crippen LogP contribution in [0.2, 0.25) is 0 Å². The van der Waals surface area contributed by atoms with Gasteiger partial charge in [-0.3, -0.25) is 0 Å². The predicted molar refractivity (Wildman–Crippen MR) is 65.1 cm³/mol. The summed E-state index contributed by atoms with van der Waals surface area (Å²) >= 11 is 0. The normalized spacial score (nSPS) is 20.8. The van der Waals surface area contributed by atoms with Crippen LogP contribution >= 0.6 is 0 Å². The molecule has 1 fully saturated rings. The molecule has 16 heavy (non-hydrogen) atoms. The summed E-state index contributed by atoms with van der Waals surface area (Å²) in [5, 5.41) is 0. The third-order valence-electron chi connectivity index (χ3n) is 3.24. The van der Waals surface area contributed by atoms with E-state index in [1.54, 1.807) is 6.07 Å². The minimum Gasteiger partial charge on any atom is -0.396 e. The van der Waals surface area contributed by atoms with Crippen molar-refractivity contribution < 1.29 is 4.39 Å². The van der Waals surface area contributed by atoms with E-state index in [2.05, 4.69) is 23.9 Å². The lowest BCUT2D eigenvalue weighted by atomic mass is 10.2. The molecule has 88 valence electrons. The Balaban J connectivity index is 2.11. The van der Waals surface area contributed by atoms with Crippen LogP contribution in [-0.4, -0.2) is 38.1 Å². The Labute approximate surface area is 95.6 Å². The van der Waals surface area contributed by atoms with E-state index in [0.717, 1.165) is 25.2 Å². The Morgan fingerprint density at radius 2 is 2.19 bits per heavy atom. The number of rotatable bonds is 2. The minimum absolute atomic E-state index is 0.215. The SMILES string of the molecule is CN(C)[C@@H]1CCN(c2ccc(N)c(F)c2)C1. The van der Waals surface area contributed by atoms with Gasteiger partial charge in [0.2, 0.25) is 0 Å². The van der Waals surface area contributed by atoms with Crippen molar-refractivity contribution in [1.29, 1.82) is 0 Å². The van der Waals surface area contributed by atoms with Gasteiger partial charge in [-0.1, -0.05) is 0 Å². The number of hydrogen-bond acceptors (Lipinski definition) is 3. The fourth-order valence-electron chi connectivity index (χ4n) is 2.11. The molecule has 0 radical (unpaired) electrons. The first-order chi connectivity index (χ1) is 7.58. The summed E-state index contributed by atoms with van der Waals surface area (Å²) in [6.45, 7) is 1.93. The Morgan fingerprint density at radius 3 is 2.75 bits per heavy atom. The molecule has 1 heterocycles. The van der Waals surface area contributed by atoms with Crippen LogP contribution in [0, 0.1) is 5.82 Å². The minimum atomic E-state index is -0.328. The molecule has 1 aromatic rings. The van der Waals surface area contributed by atoms with Crippen molar-refractivity contribution in [2.24, 2.45) is 0 Å². The average molecular weight is 223 g/mol. The summed E-state index contributed by atoms with van der Waals surface area (Å²) in [5.41, 5.74) is 6.60. The summed E-state index contributed by atoms with van der Waals surface area (Å²) in [6.07, 6.45) is 1.12. The van der Waals surface area contributed by atoms with Gasteiger partial charge < -0.3 is 15.5 Å². The number of nitrogens with two attached hydrogens (primary N) is 1. The van der Waals surface area contributed by atoms with Crippen LogP contribution in [0.4, 0.5) is 15.8 Å². The van der Waals surface area contributed by atoms with Crippen LogP contribution in [0.1, 0.15) is 6.42 Å². The Hall–Kier alpha value is -1.29. The van der Waals surface area contributed by atoms with Crippen molar-refractivity contribution in [1.82, 2.24) is 4.90 Å². The predicted octanol–water partition coefficient (Wildman–Crippen LogP) is 1.55. The molecule has 1 aromatic carbocycles. The Kier molecular flexibility index (Phi) is 3.01. The maximum absolute atomic E-state index is 13.3. The van der Waals surface area contributed by atoms with Crippen LogP contribution in [0.3, 0.4) is 0 Å². The van der Waals surface area contributed by atoms with Crippen LogP contribution in [-0.2, 0) is 0 Å². The van der Waals surface area contributed by atoms with Crippen LogP contribution in [0.15, 0.2) is 18.2 Å². The van der Waals surface area contributed by atoms with Crippen LogP contribution in [0.5, 0.6) is 0 Å². The van der Waals surface area contributed by atoms with E-state index >= 15 is 0 Å². The van der Waals surface area contributed by atoms with E-state index in [9.17, 15) is 4.39 Å². The van der Waals surface area contributed by atoms with E-state index < -0.39 is 0 Å². The van der Waals surface area contributed by atoms with E-state index in [1.807, 2.05) is 6.07 Å². The smallest absolute Gasteiger partial charge is 0.148 e. The first-order valence-corrected chi connectivity index (χ1v) is 5.54. The summed E-state index contributed by atoms with van der Waals surface area (Å²) in [4.78, 5) is 4.42. The molecule has 4 heteroatoms. The molecule has 1 aliphatic heterocycles. The summed E-state index contributed by atoms with van der Waals surface area (Å²) < 4.78 is 13.3. The summed E-state index contributed by atoms with van der Waals surface area (Å²) in [7, 11) is 4.16. The lowest BCUT2D eigenvalue weighted by molar-refractivity contribution is 0.315. The van der Waals surface area contributed by atoms with Crippen LogP contribution in [0.25, 0.3) is 0 Å². The van der Waals surface area contributed by atoms with Crippen LogP contribution < -0.4 is 10.6 Å². The third kappa shape index (κ3) is 2.11. The number of nitrogens with zero attached hydrogens (tertiary/aromatic N) is 2. The molecule has 2 N–H and O–H groups in total. The average Bonchev–Trinajstić information content (AvgIpc) is 2.71. The van der Waals surface area contributed by atoms with Crippen molar-refractivity contribution in [3.05, 3.63) is 24.0 Å². The molecule has 1 aliphatic rings. The molecule has 3 nitrogen and oxygen atoms in total. The van der Waals surface area contributed by atoms with Gasteiger partial charge in [-0.25, -0.2) is 4.39 Å². The topological polar surface area (TPSA) is 32.5 Å². The second-order valence-corrected chi connectivity index (χ2v) is 4.56. The van der Waals surface area contributed by atoms with Crippen molar-refractivity contribution in [3.8, 4) is 0 Å². The van der Waals surface area contributed by atoms with Gasteiger partial charge in [0.1, 0.15) is 5.82 Å². The van der Waals surface area contributed by atoms with E-state index in [1.165, 1.54) is 6.07 Å². The second kappa shape index (κ2) is 4.29. The molecule has 0 aliphatic carbocycles. The van der Waals surface area contributed by atoms with Crippen molar-refractivity contribution in [2.45, 2.75) is 12.5 Å². The van der Waals surface area contributed by atoms with Crippen molar-refractivity contribution in [2.75, 3.05) is 37.8 Å². The largest absolute Gasteiger partial charge is 0.396 e. The highest BCUT2D eigenvalue weighted by Gasteiger charge is 2.24.